The van der Waals surface area contributed by atoms with Gasteiger partial charge in [0.05, 0.1) is 0 Å². The number of hydrogen-bond donors (Lipinski definition) is 0. The number of benzene rings is 1. The molecule has 1 aromatic rings. The molecule has 2 heteroatoms. The van der Waals surface area contributed by atoms with Gasteiger partial charge in [0, 0.05) is 5.75 Å². The molecule has 1 atom stereocenters. The second kappa shape index (κ2) is 7.40. The Hall–Kier alpha value is -0.940. The lowest BCUT2D eigenvalue weighted by molar-refractivity contribution is 0.729. The summed E-state index contributed by atoms with van der Waals surface area (Å²) in [6.07, 6.45) is 3.27. The van der Waals surface area contributed by atoms with E-state index in [1.54, 1.807) is 0 Å². The van der Waals surface area contributed by atoms with Crippen molar-refractivity contribution < 1.29 is 0 Å². The highest BCUT2D eigenvalue weighted by molar-refractivity contribution is 8.03. The quantitative estimate of drug-likeness (QED) is 0.545. The molecule has 0 saturated heterocycles. The van der Waals surface area contributed by atoms with Crippen LogP contribution in [0.15, 0.2) is 18.2 Å². The molecule has 0 radical (unpaired) electrons. The van der Waals surface area contributed by atoms with Crippen LogP contribution in [0.4, 0.5) is 0 Å². The van der Waals surface area contributed by atoms with Crippen LogP contribution in [0.1, 0.15) is 49.8 Å². The molecule has 1 rings (SSSR count). The zero-order chi connectivity index (χ0) is 12.7. The highest BCUT2D eigenvalue weighted by Gasteiger charge is 2.10. The number of thiocyanates is 1. The first kappa shape index (κ1) is 14.1. The molecule has 0 aliphatic carbocycles. The number of hydrogen-bond acceptors (Lipinski definition) is 2. The van der Waals surface area contributed by atoms with Crippen LogP contribution in [0, 0.1) is 10.7 Å². The highest BCUT2D eigenvalue weighted by Crippen LogP contribution is 2.26. The Morgan fingerprint density at radius 2 is 2.06 bits per heavy atom. The Bertz CT molecular complexity index is 392. The zero-order valence-electron chi connectivity index (χ0n) is 11.0. The Morgan fingerprint density at radius 3 is 2.65 bits per heavy atom. The maximum atomic E-state index is 8.55. The molecule has 0 N–H and O–H groups in total. The van der Waals surface area contributed by atoms with Gasteiger partial charge < -0.3 is 0 Å². The molecular weight excluding hydrogens is 226 g/mol. The first-order chi connectivity index (χ1) is 8.22. The molecule has 0 bridgehead atoms. The second-order valence-electron chi connectivity index (χ2n) is 4.37. The molecule has 1 unspecified atom stereocenters. The van der Waals surface area contributed by atoms with E-state index in [2.05, 4.69) is 44.4 Å². The van der Waals surface area contributed by atoms with Crippen LogP contribution < -0.4 is 0 Å². The Kier molecular flexibility index (Phi) is 6.15. The number of thioether (sulfide) groups is 1. The van der Waals surface area contributed by atoms with E-state index in [4.69, 9.17) is 5.26 Å². The number of nitrogens with zero attached hydrogens (tertiary/aromatic N) is 1. The third-order valence-electron chi connectivity index (χ3n) is 3.25. The highest BCUT2D eigenvalue weighted by atomic mass is 32.2. The maximum absolute atomic E-state index is 8.55. The molecule has 0 saturated carbocycles. The molecule has 0 aromatic heterocycles. The minimum Gasteiger partial charge on any atom is -0.185 e. The van der Waals surface area contributed by atoms with Crippen LogP contribution in [0.5, 0.6) is 0 Å². The van der Waals surface area contributed by atoms with Gasteiger partial charge in [0.1, 0.15) is 5.40 Å². The third-order valence-corrected chi connectivity index (χ3v) is 3.82. The van der Waals surface area contributed by atoms with Gasteiger partial charge in [-0.05, 0) is 53.6 Å². The summed E-state index contributed by atoms with van der Waals surface area (Å²) < 4.78 is 0. The van der Waals surface area contributed by atoms with Crippen molar-refractivity contribution in [1.82, 2.24) is 0 Å². The minimum atomic E-state index is 0.553. The Labute approximate surface area is 109 Å². The molecule has 1 aromatic carbocycles. The molecule has 0 aliphatic rings. The van der Waals surface area contributed by atoms with Gasteiger partial charge in [-0.25, -0.2) is 0 Å². The van der Waals surface area contributed by atoms with Gasteiger partial charge >= 0.3 is 0 Å². The van der Waals surface area contributed by atoms with Gasteiger partial charge in [-0.15, -0.1) is 0 Å². The van der Waals surface area contributed by atoms with Gasteiger partial charge in [0.15, 0.2) is 0 Å². The monoisotopic (exact) mass is 247 g/mol. The van der Waals surface area contributed by atoms with Crippen molar-refractivity contribution in [3.05, 3.63) is 34.9 Å². The lowest BCUT2D eigenvalue weighted by atomic mass is 9.90. The summed E-state index contributed by atoms with van der Waals surface area (Å²) in [5.74, 6) is 1.48. The average molecular weight is 247 g/mol. The van der Waals surface area contributed by atoms with Gasteiger partial charge in [0.2, 0.25) is 0 Å². The van der Waals surface area contributed by atoms with E-state index < -0.39 is 0 Å². The Balaban J connectivity index is 2.82. The van der Waals surface area contributed by atoms with Crippen molar-refractivity contribution >= 4 is 11.8 Å². The summed E-state index contributed by atoms with van der Waals surface area (Å²) >= 11 is 1.36. The summed E-state index contributed by atoms with van der Waals surface area (Å²) in [5.41, 5.74) is 4.35. The number of rotatable bonds is 6. The first-order valence-electron chi connectivity index (χ1n) is 6.35. The largest absolute Gasteiger partial charge is 0.185 e. The topological polar surface area (TPSA) is 23.8 Å². The first-order valence-corrected chi connectivity index (χ1v) is 7.34. The van der Waals surface area contributed by atoms with Gasteiger partial charge in [0.25, 0.3) is 0 Å². The molecule has 1 nitrogen and oxygen atoms in total. The summed E-state index contributed by atoms with van der Waals surface area (Å²) in [6.45, 7) is 6.67. The fourth-order valence-corrected chi connectivity index (χ4v) is 2.64. The van der Waals surface area contributed by atoms with E-state index in [0.29, 0.717) is 5.92 Å². The summed E-state index contributed by atoms with van der Waals surface area (Å²) in [6, 6.07) is 6.85. The van der Waals surface area contributed by atoms with Gasteiger partial charge in [-0.1, -0.05) is 39.0 Å². The van der Waals surface area contributed by atoms with E-state index in [1.165, 1.54) is 28.5 Å². The minimum absolute atomic E-state index is 0.553. The zero-order valence-corrected chi connectivity index (χ0v) is 11.8. The molecule has 0 aliphatic heterocycles. The lowest BCUT2D eigenvalue weighted by Gasteiger charge is -2.16. The molecule has 17 heavy (non-hydrogen) atoms. The second-order valence-corrected chi connectivity index (χ2v) is 5.25. The van der Waals surface area contributed by atoms with E-state index in [9.17, 15) is 0 Å². The van der Waals surface area contributed by atoms with E-state index >= 15 is 0 Å². The summed E-state index contributed by atoms with van der Waals surface area (Å²) in [5, 5.41) is 10.7. The number of aryl methyl sites for hydroxylation is 2. The van der Waals surface area contributed by atoms with Gasteiger partial charge in [-0.2, -0.15) is 5.26 Å². The van der Waals surface area contributed by atoms with E-state index in [-0.39, 0.29) is 0 Å². The Morgan fingerprint density at radius 1 is 1.29 bits per heavy atom. The summed E-state index contributed by atoms with van der Waals surface area (Å²) in [4.78, 5) is 0. The normalized spacial score (nSPS) is 12.1. The SMILES string of the molecule is CCc1ccc(CC)c(C(C)CCSC#N)c1. The smallest absolute Gasteiger partial charge is 0.133 e. The van der Waals surface area contributed by atoms with Crippen molar-refractivity contribution in [1.29, 1.82) is 5.26 Å². The van der Waals surface area contributed by atoms with Gasteiger partial charge in [-0.3, -0.25) is 0 Å². The molecule has 0 heterocycles. The molecule has 0 amide bonds. The molecule has 0 fully saturated rings. The van der Waals surface area contributed by atoms with Crippen LogP contribution in [-0.2, 0) is 12.8 Å². The van der Waals surface area contributed by atoms with Crippen LogP contribution in [0.2, 0.25) is 0 Å². The standard InChI is InChI=1S/C15H21NS/c1-4-13-6-7-14(5-2)15(10-13)12(3)8-9-17-11-16/h6-7,10,12H,4-5,8-9H2,1-3H3. The van der Waals surface area contributed by atoms with Crippen LogP contribution >= 0.6 is 11.8 Å². The van der Waals surface area contributed by atoms with Crippen LogP contribution in [0.25, 0.3) is 0 Å². The fraction of sp³-hybridized carbons (Fsp3) is 0.533. The molecular formula is C15H21NS. The molecule has 92 valence electrons. The fourth-order valence-electron chi connectivity index (χ4n) is 2.08. The maximum Gasteiger partial charge on any atom is 0.133 e. The predicted molar refractivity (Wildman–Crippen MR) is 76.3 cm³/mol. The van der Waals surface area contributed by atoms with Crippen LogP contribution in [-0.4, -0.2) is 5.75 Å². The van der Waals surface area contributed by atoms with E-state index in [1.807, 2.05) is 0 Å². The van der Waals surface area contributed by atoms with Crippen molar-refractivity contribution in [2.24, 2.45) is 0 Å². The predicted octanol–water partition coefficient (Wildman–Crippen LogP) is 4.52. The third kappa shape index (κ3) is 4.09. The van der Waals surface area contributed by atoms with Crippen LogP contribution in [0.3, 0.4) is 0 Å². The average Bonchev–Trinajstić information content (AvgIpc) is 2.38. The summed E-state index contributed by atoms with van der Waals surface area (Å²) in [7, 11) is 0. The van der Waals surface area contributed by atoms with Crippen molar-refractivity contribution in [3.63, 3.8) is 0 Å². The lowest BCUT2D eigenvalue weighted by Crippen LogP contribution is -2.01. The van der Waals surface area contributed by atoms with Crippen molar-refractivity contribution in [2.75, 3.05) is 5.75 Å². The van der Waals surface area contributed by atoms with Crippen molar-refractivity contribution in [3.8, 4) is 5.40 Å². The van der Waals surface area contributed by atoms with E-state index in [0.717, 1.165) is 25.0 Å². The molecule has 0 spiro atoms. The number of nitriles is 1. The van der Waals surface area contributed by atoms with Crippen molar-refractivity contribution in [2.45, 2.75) is 46.0 Å².